The number of fused-ring (bicyclic) bond motifs is 1. The summed E-state index contributed by atoms with van der Waals surface area (Å²) >= 11 is 2.34. The van der Waals surface area contributed by atoms with E-state index in [9.17, 15) is 34.2 Å². The number of nitrogen functional groups attached to an aromatic ring is 2. The molecule has 2 atom stereocenters. The van der Waals surface area contributed by atoms with Crippen molar-refractivity contribution in [2.45, 2.75) is 51.1 Å². The van der Waals surface area contributed by atoms with Crippen molar-refractivity contribution in [2.24, 2.45) is 18.1 Å². The van der Waals surface area contributed by atoms with E-state index in [0.717, 1.165) is 22.7 Å². The summed E-state index contributed by atoms with van der Waals surface area (Å²) in [6, 6.07) is -0.432. The Bertz CT molecular complexity index is 1610. The summed E-state index contributed by atoms with van der Waals surface area (Å²) in [4.78, 5) is 73.1. The molecule has 0 unspecified atom stereocenters. The van der Waals surface area contributed by atoms with Crippen molar-refractivity contribution in [3.63, 3.8) is 0 Å². The third-order valence-corrected chi connectivity index (χ3v) is 9.17. The number of ketones is 1. The van der Waals surface area contributed by atoms with Gasteiger partial charge in [0.2, 0.25) is 17.7 Å². The molecular formula is C26H34N9O8S2+. The van der Waals surface area contributed by atoms with Gasteiger partial charge >= 0.3 is 18.0 Å². The average Bonchev–Trinajstić information content (AvgIpc) is 3.52. The number of oxime groups is 1. The van der Waals surface area contributed by atoms with Gasteiger partial charge in [0.15, 0.2) is 34.7 Å². The molecule has 0 bridgehead atoms. The second kappa shape index (κ2) is 13.1. The van der Waals surface area contributed by atoms with E-state index in [1.54, 1.807) is 22.6 Å². The predicted molar refractivity (Wildman–Crippen MR) is 164 cm³/mol. The quantitative estimate of drug-likeness (QED) is 0.0745. The van der Waals surface area contributed by atoms with E-state index in [1.807, 2.05) is 6.92 Å². The van der Waals surface area contributed by atoms with Crippen LogP contribution in [0.25, 0.3) is 0 Å². The number of aromatic nitrogens is 3. The number of hydrogen-bond acceptors (Lipinski definition) is 12. The molecule has 19 heteroatoms. The highest BCUT2D eigenvalue weighted by molar-refractivity contribution is 8.00. The van der Waals surface area contributed by atoms with E-state index >= 15 is 0 Å². The molecule has 242 valence electrons. The fraction of sp³-hybridized carbons (Fsp3) is 0.462. The van der Waals surface area contributed by atoms with Crippen LogP contribution in [-0.2, 0) is 37.6 Å². The Labute approximate surface area is 265 Å². The third-order valence-electron chi connectivity index (χ3n) is 7.10. The van der Waals surface area contributed by atoms with Gasteiger partial charge in [-0.15, -0.1) is 32.5 Å². The summed E-state index contributed by atoms with van der Waals surface area (Å²) in [6.07, 6.45) is 1.98. The molecule has 2 aliphatic rings. The number of urea groups is 1. The SMILES string of the molecule is CCCNC(=O)Nc1c[n+](CC2=C(C(=O)O)N3C(=O)[C@@H](CC(=O)/C(=N\OC(C)(C)C(=O)O)c4csc(N)n4)[C@H]3SC2)n(C)c1N. The number of hydrogen-bond donors (Lipinski definition) is 6. The van der Waals surface area contributed by atoms with Gasteiger partial charge < -0.3 is 31.8 Å². The minimum Gasteiger partial charge on any atom is -0.478 e. The molecule has 4 rings (SSSR count). The molecule has 0 spiro atoms. The Balaban J connectivity index is 1.54. The molecule has 1 fully saturated rings. The van der Waals surface area contributed by atoms with Crippen LogP contribution in [0, 0.1) is 5.92 Å². The topological polar surface area (TPSA) is 248 Å². The van der Waals surface area contributed by atoms with Crippen LogP contribution in [0.2, 0.25) is 0 Å². The molecule has 0 radical (unpaired) electrons. The van der Waals surface area contributed by atoms with Gasteiger partial charge in [0.25, 0.3) is 0 Å². The number of nitrogens with two attached hydrogens (primary N) is 2. The first kappa shape index (κ1) is 33.2. The monoisotopic (exact) mass is 664 g/mol. The standard InChI is InChI=1S/C26H33N9O8S2/c1-5-6-29-25(42)31-14-9-34(33(4)19(14)27)8-12-10-44-21-13(20(37)35(21)18(12)22(38)39)7-16(36)17(15-11-45-24(28)30-15)32-43-26(2,3)23(40)41/h9,11,13,21,27H,5-8,10H2,1-4H3,(H6,28,29,30,31,38,39,40,41,42)/p+1/b32-17-/t13-,21-/m1/s1. The largest absolute Gasteiger partial charge is 0.478 e. The number of amides is 3. The Hall–Kier alpha value is -4.65. The van der Waals surface area contributed by atoms with Crippen molar-refractivity contribution in [2.75, 3.05) is 29.1 Å². The number of carbonyl (C=O) groups is 5. The van der Waals surface area contributed by atoms with Crippen molar-refractivity contribution in [3.8, 4) is 0 Å². The lowest BCUT2D eigenvalue weighted by Crippen LogP contribution is -2.62. The van der Waals surface area contributed by atoms with Crippen LogP contribution in [0.4, 0.5) is 21.4 Å². The van der Waals surface area contributed by atoms with Crippen LogP contribution in [0.3, 0.4) is 0 Å². The van der Waals surface area contributed by atoms with Crippen molar-refractivity contribution in [1.82, 2.24) is 19.9 Å². The summed E-state index contributed by atoms with van der Waals surface area (Å²) in [7, 11) is 1.65. The highest BCUT2D eigenvalue weighted by Crippen LogP contribution is 2.45. The molecule has 45 heavy (non-hydrogen) atoms. The summed E-state index contributed by atoms with van der Waals surface area (Å²) < 4.78 is 3.17. The fourth-order valence-corrected chi connectivity index (χ4v) is 6.49. The second-order valence-corrected chi connectivity index (χ2v) is 12.7. The number of aliphatic carboxylic acids is 2. The van der Waals surface area contributed by atoms with E-state index in [2.05, 4.69) is 20.8 Å². The molecule has 0 saturated carbocycles. The van der Waals surface area contributed by atoms with Crippen molar-refractivity contribution < 1.29 is 43.7 Å². The van der Waals surface area contributed by atoms with E-state index in [4.69, 9.17) is 16.3 Å². The van der Waals surface area contributed by atoms with Gasteiger partial charge in [0.1, 0.15) is 11.4 Å². The molecule has 2 aromatic heterocycles. The zero-order valence-corrected chi connectivity index (χ0v) is 26.5. The van der Waals surface area contributed by atoms with Gasteiger partial charge in [-0.1, -0.05) is 12.1 Å². The maximum absolute atomic E-state index is 13.4. The molecule has 3 amide bonds. The van der Waals surface area contributed by atoms with Crippen LogP contribution in [0.1, 0.15) is 39.3 Å². The van der Waals surface area contributed by atoms with Gasteiger partial charge in [-0.2, -0.15) is 0 Å². The van der Waals surface area contributed by atoms with Crippen LogP contribution >= 0.6 is 23.1 Å². The Morgan fingerprint density at radius 2 is 1.98 bits per heavy atom. The number of anilines is 3. The Morgan fingerprint density at radius 1 is 1.27 bits per heavy atom. The molecule has 2 aliphatic heterocycles. The normalized spacial score (nSPS) is 18.3. The molecule has 17 nitrogen and oxygen atoms in total. The van der Waals surface area contributed by atoms with Gasteiger partial charge in [-0.05, 0) is 20.3 Å². The lowest BCUT2D eigenvalue weighted by molar-refractivity contribution is -0.765. The number of Topliss-reactive ketones (excluding diaryl/α,β-unsaturated/α-hetero) is 1. The van der Waals surface area contributed by atoms with Crippen molar-refractivity contribution in [1.29, 1.82) is 0 Å². The zero-order chi connectivity index (χ0) is 33.2. The number of β-lactam (4-membered cyclic amide) rings is 1. The molecule has 0 aliphatic carbocycles. The average molecular weight is 665 g/mol. The number of carboxylic acids is 2. The molecular weight excluding hydrogens is 630 g/mol. The van der Waals surface area contributed by atoms with Crippen molar-refractivity contribution >= 4 is 75.1 Å². The summed E-state index contributed by atoms with van der Waals surface area (Å²) in [5, 5.41) is 29.6. The highest BCUT2D eigenvalue weighted by atomic mass is 32.2. The third kappa shape index (κ3) is 6.88. The second-order valence-electron chi connectivity index (χ2n) is 10.7. The number of carbonyl (C=O) groups excluding carboxylic acids is 3. The smallest absolute Gasteiger partial charge is 0.352 e. The van der Waals surface area contributed by atoms with E-state index in [1.165, 1.54) is 31.0 Å². The van der Waals surface area contributed by atoms with Crippen LogP contribution in [-0.4, -0.2) is 83.4 Å². The van der Waals surface area contributed by atoms with E-state index in [-0.39, 0.29) is 46.8 Å². The first-order valence-electron chi connectivity index (χ1n) is 13.7. The molecule has 2 aromatic rings. The number of nitrogens with zero attached hydrogens (tertiary/aromatic N) is 5. The fourth-order valence-electron chi connectivity index (χ4n) is 4.53. The maximum Gasteiger partial charge on any atom is 0.352 e. The number of rotatable bonds is 13. The summed E-state index contributed by atoms with van der Waals surface area (Å²) in [5.41, 5.74) is 10.4. The van der Waals surface area contributed by atoms with E-state index in [0.29, 0.717) is 17.8 Å². The number of carboxylic acid groups (broad SMARTS) is 2. The lowest BCUT2D eigenvalue weighted by Gasteiger charge is -2.49. The first-order valence-corrected chi connectivity index (χ1v) is 15.6. The summed E-state index contributed by atoms with van der Waals surface area (Å²) in [6.45, 7) is 4.96. The number of nitrogens with one attached hydrogen (secondary N) is 2. The van der Waals surface area contributed by atoms with Gasteiger partial charge in [-0.3, -0.25) is 19.8 Å². The summed E-state index contributed by atoms with van der Waals surface area (Å²) in [5.74, 6) is -4.23. The van der Waals surface area contributed by atoms with Gasteiger partial charge in [-0.25, -0.2) is 19.4 Å². The minimum absolute atomic E-state index is 0.0619. The number of thiazole rings is 1. The van der Waals surface area contributed by atoms with Crippen LogP contribution < -0.4 is 26.8 Å². The van der Waals surface area contributed by atoms with Gasteiger partial charge in [0.05, 0.1) is 18.3 Å². The Kier molecular flexibility index (Phi) is 9.71. The molecule has 4 heterocycles. The number of thioether (sulfide) groups is 1. The molecule has 1 saturated heterocycles. The highest BCUT2D eigenvalue weighted by Gasteiger charge is 2.54. The van der Waals surface area contributed by atoms with Crippen molar-refractivity contribution in [3.05, 3.63) is 28.5 Å². The minimum atomic E-state index is -1.76. The molecule has 0 aromatic carbocycles. The predicted octanol–water partition coefficient (Wildman–Crippen LogP) is 0.578. The lowest BCUT2D eigenvalue weighted by atomic mass is 9.89. The van der Waals surface area contributed by atoms with Crippen LogP contribution in [0.5, 0.6) is 0 Å². The molecule has 8 N–H and O–H groups in total. The maximum atomic E-state index is 13.4. The zero-order valence-electron chi connectivity index (χ0n) is 24.9. The van der Waals surface area contributed by atoms with Gasteiger partial charge in [0, 0.05) is 29.7 Å². The van der Waals surface area contributed by atoms with E-state index < -0.39 is 46.6 Å². The van der Waals surface area contributed by atoms with Crippen LogP contribution in [0.15, 0.2) is 28.0 Å². The Morgan fingerprint density at radius 3 is 2.58 bits per heavy atom. The first-order chi connectivity index (χ1) is 21.2.